The quantitative estimate of drug-likeness (QED) is 0.127. The van der Waals surface area contributed by atoms with E-state index in [4.69, 9.17) is 12.2 Å². The van der Waals surface area contributed by atoms with Gasteiger partial charge in [0.1, 0.15) is 5.57 Å². The van der Waals surface area contributed by atoms with Crippen LogP contribution in [0.4, 0.5) is 11.4 Å². The van der Waals surface area contributed by atoms with Gasteiger partial charge in [-0.05, 0) is 48.1 Å². The van der Waals surface area contributed by atoms with Gasteiger partial charge in [-0.1, -0.05) is 36.4 Å². The molecule has 1 aliphatic rings. The molecule has 3 aromatic carbocycles. The van der Waals surface area contributed by atoms with Crippen LogP contribution in [0.15, 0.2) is 84.6 Å². The van der Waals surface area contributed by atoms with E-state index in [1.165, 1.54) is 42.5 Å². The second-order valence-corrected chi connectivity index (χ2v) is 8.86. The van der Waals surface area contributed by atoms with Crippen molar-refractivity contribution in [3.63, 3.8) is 0 Å². The number of hydrogen-bond donors (Lipinski definition) is 2. The highest BCUT2D eigenvalue weighted by molar-refractivity contribution is 7.80. The fourth-order valence-electron chi connectivity index (χ4n) is 4.31. The molecule has 2 heterocycles. The lowest BCUT2D eigenvalue weighted by Crippen LogP contribution is -2.54. The molecule has 38 heavy (non-hydrogen) atoms. The van der Waals surface area contributed by atoms with Crippen LogP contribution < -0.4 is 10.2 Å². The van der Waals surface area contributed by atoms with Crippen molar-refractivity contribution < 1.29 is 24.4 Å². The number of anilines is 1. The number of amides is 2. The first-order valence-electron chi connectivity index (χ1n) is 11.3. The number of para-hydroxylation sites is 1. The van der Waals surface area contributed by atoms with E-state index in [0.717, 1.165) is 15.8 Å². The molecule has 1 fully saturated rings. The highest BCUT2D eigenvalue weighted by Crippen LogP contribution is 2.28. The van der Waals surface area contributed by atoms with Crippen molar-refractivity contribution in [1.29, 1.82) is 0 Å². The molecule has 188 valence electrons. The van der Waals surface area contributed by atoms with Crippen LogP contribution in [0.1, 0.15) is 21.5 Å². The average Bonchev–Trinajstić information content (AvgIpc) is 3.23. The summed E-state index contributed by atoms with van der Waals surface area (Å²) >= 11 is 5.22. The van der Waals surface area contributed by atoms with Crippen LogP contribution in [-0.2, 0) is 16.1 Å². The predicted octanol–water partition coefficient (Wildman–Crippen LogP) is 4.13. The van der Waals surface area contributed by atoms with E-state index in [1.807, 2.05) is 28.8 Å². The van der Waals surface area contributed by atoms with Gasteiger partial charge in [0.15, 0.2) is 5.11 Å². The maximum absolute atomic E-state index is 13.5. The molecule has 2 N–H and O–H groups in total. The molecule has 0 unspecified atom stereocenters. The number of hydrogen-bond acceptors (Lipinski definition) is 6. The van der Waals surface area contributed by atoms with E-state index < -0.39 is 22.7 Å². The third-order valence-corrected chi connectivity index (χ3v) is 6.33. The number of non-ortho nitro benzene ring substituents is 1. The minimum atomic E-state index is -1.17. The summed E-state index contributed by atoms with van der Waals surface area (Å²) in [7, 11) is 0. The van der Waals surface area contributed by atoms with Gasteiger partial charge < -0.3 is 9.67 Å². The van der Waals surface area contributed by atoms with E-state index in [-0.39, 0.29) is 27.6 Å². The molecule has 2 amide bonds. The molecule has 0 atom stereocenters. The number of rotatable bonds is 6. The molecule has 10 nitrogen and oxygen atoms in total. The summed E-state index contributed by atoms with van der Waals surface area (Å²) < 4.78 is 1.88. The first kappa shape index (κ1) is 24.5. The summed E-state index contributed by atoms with van der Waals surface area (Å²) in [5.41, 5.74) is 2.06. The first-order chi connectivity index (χ1) is 18.2. The van der Waals surface area contributed by atoms with Gasteiger partial charge in [-0.15, -0.1) is 0 Å². The number of carboxylic acids is 1. The summed E-state index contributed by atoms with van der Waals surface area (Å²) in [6, 6.07) is 19.4. The van der Waals surface area contributed by atoms with Gasteiger partial charge in [-0.3, -0.25) is 29.9 Å². The highest BCUT2D eigenvalue weighted by atomic mass is 32.1. The van der Waals surface area contributed by atoms with Gasteiger partial charge in [-0.2, -0.15) is 0 Å². The van der Waals surface area contributed by atoms with Crippen LogP contribution in [0.25, 0.3) is 17.0 Å². The minimum Gasteiger partial charge on any atom is -0.478 e. The first-order valence-corrected chi connectivity index (χ1v) is 11.7. The van der Waals surface area contributed by atoms with Crippen molar-refractivity contribution in [1.82, 2.24) is 9.88 Å². The van der Waals surface area contributed by atoms with Gasteiger partial charge in [0.2, 0.25) is 0 Å². The van der Waals surface area contributed by atoms with Gasteiger partial charge in [0, 0.05) is 41.3 Å². The van der Waals surface area contributed by atoms with Crippen LogP contribution in [0.2, 0.25) is 0 Å². The van der Waals surface area contributed by atoms with Gasteiger partial charge in [-0.25, -0.2) is 4.79 Å². The number of benzene rings is 3. The molecule has 11 heteroatoms. The van der Waals surface area contributed by atoms with Crippen molar-refractivity contribution in [3.8, 4) is 0 Å². The number of nitro groups is 1. The molecule has 1 aliphatic heterocycles. The fraction of sp³-hybridized carbons (Fsp3) is 0.0370. The standard InChI is InChI=1S/C27H18N4O6S/c32-24-22(25(33)30(27(38)28-24)19-7-4-6-17(12-19)26(34)35)13-18-15-29(23-10-2-1-9-21(18)23)14-16-5-3-8-20(11-16)31(36)37/h1-13,15H,14H2,(H,34,35)(H,28,32,38). The molecule has 0 radical (unpaired) electrons. The largest absolute Gasteiger partial charge is 0.478 e. The minimum absolute atomic E-state index is 0.0196. The number of carbonyl (C=O) groups is 3. The predicted molar refractivity (Wildman–Crippen MR) is 144 cm³/mol. The number of nitro benzene ring substituents is 1. The second-order valence-electron chi connectivity index (χ2n) is 8.47. The molecule has 0 bridgehead atoms. The average molecular weight is 527 g/mol. The monoisotopic (exact) mass is 526 g/mol. The number of carbonyl (C=O) groups excluding carboxylic acids is 2. The Morgan fingerprint density at radius 2 is 1.82 bits per heavy atom. The maximum Gasteiger partial charge on any atom is 0.335 e. The molecule has 0 spiro atoms. The maximum atomic E-state index is 13.5. The zero-order valence-electron chi connectivity index (χ0n) is 19.5. The number of thiocarbonyl (C=S) groups is 1. The van der Waals surface area contributed by atoms with Crippen molar-refractivity contribution in [3.05, 3.63) is 111 Å². The Kier molecular flexibility index (Phi) is 6.27. The molecule has 0 aliphatic carbocycles. The number of carboxylic acid groups (broad SMARTS) is 1. The third-order valence-electron chi connectivity index (χ3n) is 6.05. The summed E-state index contributed by atoms with van der Waals surface area (Å²) in [5, 5.41) is 23.6. The van der Waals surface area contributed by atoms with E-state index >= 15 is 0 Å². The van der Waals surface area contributed by atoms with E-state index in [0.29, 0.717) is 17.7 Å². The molecular weight excluding hydrogens is 508 g/mol. The van der Waals surface area contributed by atoms with Crippen LogP contribution in [0.3, 0.4) is 0 Å². The topological polar surface area (TPSA) is 135 Å². The lowest BCUT2D eigenvalue weighted by molar-refractivity contribution is -0.384. The molecule has 1 aromatic heterocycles. The Balaban J connectivity index is 1.55. The fourth-order valence-corrected chi connectivity index (χ4v) is 4.59. The molecule has 5 rings (SSSR count). The molecular formula is C27H18N4O6S. The molecule has 4 aromatic rings. The van der Waals surface area contributed by atoms with Crippen LogP contribution in [0, 0.1) is 10.1 Å². The Labute approximate surface area is 220 Å². The number of nitrogens with one attached hydrogen (secondary N) is 1. The van der Waals surface area contributed by atoms with Crippen LogP contribution >= 0.6 is 12.2 Å². The SMILES string of the molecule is O=C1NC(=S)N(c2cccc(C(=O)O)c2)C(=O)C1=Cc1cn(Cc2cccc([N+](=O)[O-])c2)c2ccccc12. The van der Waals surface area contributed by atoms with Crippen molar-refractivity contribution >= 4 is 63.5 Å². The van der Waals surface area contributed by atoms with Gasteiger partial charge in [0.25, 0.3) is 17.5 Å². The summed E-state index contributed by atoms with van der Waals surface area (Å²) in [4.78, 5) is 49.5. The van der Waals surface area contributed by atoms with Crippen LogP contribution in [-0.4, -0.2) is 37.5 Å². The highest BCUT2D eigenvalue weighted by Gasteiger charge is 2.35. The third kappa shape index (κ3) is 4.53. The lowest BCUT2D eigenvalue weighted by Gasteiger charge is -2.29. The normalized spacial score (nSPS) is 14.7. The van der Waals surface area contributed by atoms with Gasteiger partial charge in [0.05, 0.1) is 16.2 Å². The number of aromatic nitrogens is 1. The summed E-state index contributed by atoms with van der Waals surface area (Å²) in [5.74, 6) is -2.54. The number of aromatic carboxylic acids is 1. The molecule has 0 saturated carbocycles. The van der Waals surface area contributed by atoms with Crippen molar-refractivity contribution in [2.45, 2.75) is 6.54 Å². The lowest BCUT2D eigenvalue weighted by atomic mass is 10.1. The Hall–Kier alpha value is -5.16. The number of fused-ring (bicyclic) bond motifs is 1. The second kappa shape index (κ2) is 9.71. The zero-order chi connectivity index (χ0) is 27.0. The van der Waals surface area contributed by atoms with Gasteiger partial charge >= 0.3 is 5.97 Å². The molecule has 1 saturated heterocycles. The Morgan fingerprint density at radius 3 is 2.58 bits per heavy atom. The van der Waals surface area contributed by atoms with E-state index in [2.05, 4.69) is 5.32 Å². The summed E-state index contributed by atoms with van der Waals surface area (Å²) in [6.07, 6.45) is 3.22. The smallest absolute Gasteiger partial charge is 0.335 e. The zero-order valence-corrected chi connectivity index (χ0v) is 20.3. The van der Waals surface area contributed by atoms with Crippen LogP contribution in [0.5, 0.6) is 0 Å². The summed E-state index contributed by atoms with van der Waals surface area (Å²) in [6.45, 7) is 0.323. The Morgan fingerprint density at radius 1 is 1.05 bits per heavy atom. The number of nitrogens with zero attached hydrogens (tertiary/aromatic N) is 3. The van der Waals surface area contributed by atoms with E-state index in [1.54, 1.807) is 18.3 Å². The van der Waals surface area contributed by atoms with E-state index in [9.17, 15) is 29.6 Å². The van der Waals surface area contributed by atoms with Crippen molar-refractivity contribution in [2.24, 2.45) is 0 Å². The van der Waals surface area contributed by atoms with Crippen molar-refractivity contribution in [2.75, 3.05) is 4.90 Å². The Bertz CT molecular complexity index is 1710.